The highest BCUT2D eigenvalue weighted by atomic mass is 32.1. The van der Waals surface area contributed by atoms with Crippen LogP contribution in [0.1, 0.15) is 22.8 Å². The molecule has 1 aromatic heterocycles. The second kappa shape index (κ2) is 6.90. The van der Waals surface area contributed by atoms with E-state index >= 15 is 0 Å². The number of benzene rings is 1. The first-order chi connectivity index (χ1) is 10.1. The van der Waals surface area contributed by atoms with E-state index in [0.717, 1.165) is 0 Å². The molecule has 0 aliphatic heterocycles. The number of amides is 1. The van der Waals surface area contributed by atoms with E-state index in [-0.39, 0.29) is 30.4 Å². The maximum absolute atomic E-state index is 12.0. The van der Waals surface area contributed by atoms with E-state index in [1.54, 1.807) is 41.9 Å². The summed E-state index contributed by atoms with van der Waals surface area (Å²) in [7, 11) is 0. The van der Waals surface area contributed by atoms with Crippen molar-refractivity contribution in [1.29, 1.82) is 0 Å². The van der Waals surface area contributed by atoms with E-state index in [1.807, 2.05) is 0 Å². The Balaban J connectivity index is 2.14. The summed E-state index contributed by atoms with van der Waals surface area (Å²) in [5.41, 5.74) is 1.21. The van der Waals surface area contributed by atoms with Gasteiger partial charge in [0.15, 0.2) is 0 Å². The normalized spacial score (nSPS) is 10.1. The summed E-state index contributed by atoms with van der Waals surface area (Å²) in [5.74, 6) is -0.844. The van der Waals surface area contributed by atoms with Gasteiger partial charge in [-0.05, 0) is 24.4 Å². The van der Waals surface area contributed by atoms with Gasteiger partial charge in [0.25, 0.3) is 5.91 Å². The molecule has 0 atom stereocenters. The smallest absolute Gasteiger partial charge is 0.310 e. The fourth-order valence-corrected chi connectivity index (χ4v) is 2.43. The molecule has 2 aromatic rings. The maximum atomic E-state index is 12.0. The maximum Gasteiger partial charge on any atom is 0.310 e. The van der Waals surface area contributed by atoms with E-state index in [4.69, 9.17) is 4.74 Å². The lowest BCUT2D eigenvalue weighted by Crippen LogP contribution is -2.12. The van der Waals surface area contributed by atoms with Gasteiger partial charge in [0.2, 0.25) is 0 Å². The first kappa shape index (κ1) is 15.1. The number of phenols is 1. The Hall–Kier alpha value is -2.34. The van der Waals surface area contributed by atoms with Gasteiger partial charge in [0.1, 0.15) is 5.75 Å². The van der Waals surface area contributed by atoms with Gasteiger partial charge in [-0.3, -0.25) is 9.59 Å². The van der Waals surface area contributed by atoms with Crippen LogP contribution >= 0.6 is 11.3 Å². The van der Waals surface area contributed by atoms with E-state index in [2.05, 4.69) is 5.32 Å². The molecule has 0 saturated carbocycles. The number of para-hydroxylation sites is 1. The summed E-state index contributed by atoms with van der Waals surface area (Å²) < 4.78 is 4.84. The highest BCUT2D eigenvalue weighted by Crippen LogP contribution is 2.28. The molecular weight excluding hydrogens is 290 g/mol. The SMILES string of the molecule is CCOC(=O)Cc1cccc(NC(=O)c2ccsc2)c1O. The van der Waals surface area contributed by atoms with E-state index in [0.29, 0.717) is 11.1 Å². The molecule has 110 valence electrons. The molecule has 0 unspecified atom stereocenters. The van der Waals surface area contributed by atoms with E-state index in [1.165, 1.54) is 11.3 Å². The number of anilines is 1. The summed E-state index contributed by atoms with van der Waals surface area (Å²) in [6.07, 6.45) is -0.0398. The van der Waals surface area contributed by atoms with Gasteiger partial charge in [-0.2, -0.15) is 11.3 Å². The zero-order chi connectivity index (χ0) is 15.2. The molecular formula is C15H15NO4S. The van der Waals surface area contributed by atoms with Crippen LogP contribution in [0.4, 0.5) is 5.69 Å². The molecule has 0 radical (unpaired) electrons. The highest BCUT2D eigenvalue weighted by Gasteiger charge is 2.14. The number of thiophene rings is 1. The summed E-state index contributed by atoms with van der Waals surface area (Å²) in [6.45, 7) is 2.00. The second-order valence-corrected chi connectivity index (χ2v) is 5.04. The Bertz CT molecular complexity index is 637. The summed E-state index contributed by atoms with van der Waals surface area (Å²) in [4.78, 5) is 23.4. The van der Waals surface area contributed by atoms with Gasteiger partial charge >= 0.3 is 5.97 Å². The number of hydrogen-bond donors (Lipinski definition) is 2. The fraction of sp³-hybridized carbons (Fsp3) is 0.200. The number of nitrogens with one attached hydrogen (secondary N) is 1. The minimum atomic E-state index is -0.422. The van der Waals surface area contributed by atoms with Gasteiger partial charge in [-0.1, -0.05) is 12.1 Å². The quantitative estimate of drug-likeness (QED) is 0.658. The molecule has 1 amide bonds. The van der Waals surface area contributed by atoms with E-state index < -0.39 is 5.97 Å². The third-order valence-corrected chi connectivity index (χ3v) is 3.47. The van der Waals surface area contributed by atoms with Crippen molar-refractivity contribution in [2.75, 3.05) is 11.9 Å². The number of carbonyl (C=O) groups excluding carboxylic acids is 2. The van der Waals surface area contributed by atoms with Crippen molar-refractivity contribution in [2.24, 2.45) is 0 Å². The Labute approximate surface area is 126 Å². The molecule has 21 heavy (non-hydrogen) atoms. The van der Waals surface area contributed by atoms with Gasteiger partial charge in [-0.25, -0.2) is 0 Å². The fourth-order valence-electron chi connectivity index (χ4n) is 1.79. The van der Waals surface area contributed by atoms with Crippen LogP contribution in [-0.4, -0.2) is 23.6 Å². The average Bonchev–Trinajstić information content (AvgIpc) is 2.97. The van der Waals surface area contributed by atoms with Gasteiger partial charge in [-0.15, -0.1) is 0 Å². The third-order valence-electron chi connectivity index (χ3n) is 2.79. The number of phenolic OH excluding ortho intramolecular Hbond substituents is 1. The topological polar surface area (TPSA) is 75.6 Å². The molecule has 2 N–H and O–H groups in total. The van der Waals surface area contributed by atoms with Gasteiger partial charge in [0.05, 0.1) is 24.3 Å². The van der Waals surface area contributed by atoms with E-state index in [9.17, 15) is 14.7 Å². The Kier molecular flexibility index (Phi) is 4.94. The lowest BCUT2D eigenvalue weighted by atomic mass is 10.1. The molecule has 1 aromatic carbocycles. The zero-order valence-corrected chi connectivity index (χ0v) is 12.3. The van der Waals surface area contributed by atoms with Crippen molar-refractivity contribution in [1.82, 2.24) is 0 Å². The van der Waals surface area contributed by atoms with Crippen LogP contribution in [0.15, 0.2) is 35.0 Å². The largest absolute Gasteiger partial charge is 0.505 e. The molecule has 0 bridgehead atoms. The molecule has 2 rings (SSSR count). The standard InChI is InChI=1S/C15H15NO4S/c1-2-20-13(17)8-10-4-3-5-12(14(10)18)16-15(19)11-6-7-21-9-11/h3-7,9,18H,2,8H2,1H3,(H,16,19). The number of carbonyl (C=O) groups is 2. The van der Waals surface area contributed by atoms with Crippen LogP contribution in [0.5, 0.6) is 5.75 Å². The van der Waals surface area contributed by atoms with Crippen LogP contribution in [0, 0.1) is 0 Å². The third kappa shape index (κ3) is 3.82. The lowest BCUT2D eigenvalue weighted by Gasteiger charge is -2.10. The average molecular weight is 305 g/mol. The van der Waals surface area contributed by atoms with Crippen molar-refractivity contribution in [3.05, 3.63) is 46.2 Å². The first-order valence-corrected chi connectivity index (χ1v) is 7.36. The highest BCUT2D eigenvalue weighted by molar-refractivity contribution is 7.08. The minimum absolute atomic E-state index is 0.0398. The Morgan fingerprint density at radius 3 is 2.81 bits per heavy atom. The summed E-state index contributed by atoms with van der Waals surface area (Å²) in [6, 6.07) is 6.55. The molecule has 0 aliphatic rings. The predicted molar refractivity (Wildman–Crippen MR) is 80.7 cm³/mol. The van der Waals surface area contributed by atoms with Crippen LogP contribution in [0.25, 0.3) is 0 Å². The number of rotatable bonds is 5. The van der Waals surface area contributed by atoms with Crippen molar-refractivity contribution < 1.29 is 19.4 Å². The van der Waals surface area contributed by atoms with Crippen LogP contribution in [0.3, 0.4) is 0 Å². The Morgan fingerprint density at radius 1 is 1.33 bits per heavy atom. The first-order valence-electron chi connectivity index (χ1n) is 6.41. The molecule has 0 spiro atoms. The molecule has 1 heterocycles. The van der Waals surface area contributed by atoms with Crippen molar-refractivity contribution >= 4 is 28.9 Å². The number of esters is 1. The number of hydrogen-bond acceptors (Lipinski definition) is 5. The monoisotopic (exact) mass is 305 g/mol. The summed E-state index contributed by atoms with van der Waals surface area (Å²) in [5, 5.41) is 16.3. The second-order valence-electron chi connectivity index (χ2n) is 4.26. The molecule has 0 aliphatic carbocycles. The van der Waals surface area contributed by atoms with Crippen LogP contribution < -0.4 is 5.32 Å². The van der Waals surface area contributed by atoms with Gasteiger partial charge < -0.3 is 15.2 Å². The molecule has 0 saturated heterocycles. The van der Waals surface area contributed by atoms with Gasteiger partial charge in [0, 0.05) is 10.9 Å². The molecule has 0 fully saturated rings. The minimum Gasteiger partial charge on any atom is -0.505 e. The Morgan fingerprint density at radius 2 is 2.14 bits per heavy atom. The number of ether oxygens (including phenoxy) is 1. The lowest BCUT2D eigenvalue weighted by molar-refractivity contribution is -0.142. The van der Waals surface area contributed by atoms with Crippen LogP contribution in [0.2, 0.25) is 0 Å². The number of aromatic hydroxyl groups is 1. The summed E-state index contributed by atoms with van der Waals surface area (Å²) >= 11 is 1.42. The molecule has 5 nitrogen and oxygen atoms in total. The van der Waals surface area contributed by atoms with Crippen molar-refractivity contribution in [3.63, 3.8) is 0 Å². The zero-order valence-electron chi connectivity index (χ0n) is 11.5. The van der Waals surface area contributed by atoms with Crippen molar-refractivity contribution in [2.45, 2.75) is 13.3 Å². The molecule has 6 heteroatoms. The van der Waals surface area contributed by atoms with Crippen LogP contribution in [-0.2, 0) is 16.0 Å². The van der Waals surface area contributed by atoms with Crippen molar-refractivity contribution in [3.8, 4) is 5.75 Å². The predicted octanol–water partition coefficient (Wildman–Crippen LogP) is 2.81.